The molecular weight excluding hydrogens is 250 g/mol. The van der Waals surface area contributed by atoms with E-state index in [4.69, 9.17) is 5.73 Å². The normalized spacial score (nSPS) is 12.6. The molecule has 100 valence electrons. The smallest absolute Gasteiger partial charge is 0.325 e. The van der Waals surface area contributed by atoms with Crippen molar-refractivity contribution in [1.29, 1.82) is 0 Å². The van der Waals surface area contributed by atoms with Crippen molar-refractivity contribution in [3.05, 3.63) is 35.1 Å². The van der Waals surface area contributed by atoms with Gasteiger partial charge in [-0.15, -0.1) is 0 Å². The van der Waals surface area contributed by atoms with Crippen molar-refractivity contribution in [2.24, 2.45) is 5.73 Å². The highest BCUT2D eigenvalue weighted by Gasteiger charge is 2.34. The Morgan fingerprint density at radius 2 is 1.83 bits per heavy atom. The number of carbonyl (C=O) groups is 1. The van der Waals surface area contributed by atoms with Crippen LogP contribution in [-0.4, -0.2) is 11.3 Å². The molecule has 18 heavy (non-hydrogen) atoms. The van der Waals surface area contributed by atoms with Crippen LogP contribution in [0, 0.1) is 5.82 Å². The minimum Gasteiger partial charge on any atom is -0.325 e. The Labute approximate surface area is 102 Å². The van der Waals surface area contributed by atoms with E-state index in [1.165, 1.54) is 0 Å². The Balaban J connectivity index is 3.10. The van der Waals surface area contributed by atoms with E-state index in [9.17, 15) is 22.4 Å². The van der Waals surface area contributed by atoms with Gasteiger partial charge in [0.15, 0.2) is 5.78 Å². The van der Waals surface area contributed by atoms with E-state index >= 15 is 0 Å². The fourth-order valence-corrected chi connectivity index (χ4v) is 1.43. The third kappa shape index (κ3) is 3.80. The second-order valence-corrected chi connectivity index (χ2v) is 4.78. The van der Waals surface area contributed by atoms with Crippen LogP contribution in [0.1, 0.15) is 36.2 Å². The van der Waals surface area contributed by atoms with E-state index in [-0.39, 0.29) is 12.0 Å². The van der Waals surface area contributed by atoms with Crippen LogP contribution in [0.15, 0.2) is 18.2 Å². The molecule has 0 saturated carbocycles. The second-order valence-electron chi connectivity index (χ2n) is 4.78. The molecule has 1 aromatic carbocycles. The third-order valence-corrected chi connectivity index (χ3v) is 2.21. The number of carbonyl (C=O) groups excluding carboxylic acids is 1. The number of Topliss-reactive ketones (excluding diaryl/α,β-unsaturated/α-hetero) is 1. The first-order chi connectivity index (χ1) is 8.00. The predicted molar refractivity (Wildman–Crippen MR) is 58.6 cm³/mol. The Bertz CT molecular complexity index is 460. The highest BCUT2D eigenvalue weighted by Crippen LogP contribution is 2.32. The number of hydrogen-bond donors (Lipinski definition) is 1. The van der Waals surface area contributed by atoms with E-state index < -0.39 is 28.9 Å². The number of rotatable bonds is 3. The summed E-state index contributed by atoms with van der Waals surface area (Å²) in [4.78, 5) is 11.7. The summed E-state index contributed by atoms with van der Waals surface area (Å²) in [5, 5.41) is 0. The van der Waals surface area contributed by atoms with Crippen LogP contribution < -0.4 is 5.73 Å². The number of halogens is 4. The number of ketones is 1. The van der Waals surface area contributed by atoms with Gasteiger partial charge in [0.25, 0.3) is 0 Å². The van der Waals surface area contributed by atoms with Gasteiger partial charge in [-0.25, -0.2) is 4.39 Å². The van der Waals surface area contributed by atoms with Crippen molar-refractivity contribution in [3.8, 4) is 0 Å². The zero-order chi connectivity index (χ0) is 14.1. The van der Waals surface area contributed by atoms with Gasteiger partial charge in [-0.05, 0) is 32.0 Å². The van der Waals surface area contributed by atoms with Crippen LogP contribution in [-0.2, 0) is 6.18 Å². The van der Waals surface area contributed by atoms with Crippen molar-refractivity contribution in [2.45, 2.75) is 32.0 Å². The standard InChI is InChI=1S/C12H13F4NO/c1-11(2,17)6-10(18)7-3-4-9(13)8(5-7)12(14,15)16/h3-5H,6,17H2,1-2H3. The molecule has 0 aliphatic heterocycles. The summed E-state index contributed by atoms with van der Waals surface area (Å²) in [7, 11) is 0. The summed E-state index contributed by atoms with van der Waals surface area (Å²) < 4.78 is 50.4. The van der Waals surface area contributed by atoms with Gasteiger partial charge in [0.2, 0.25) is 0 Å². The third-order valence-electron chi connectivity index (χ3n) is 2.21. The lowest BCUT2D eigenvalue weighted by molar-refractivity contribution is -0.140. The monoisotopic (exact) mass is 263 g/mol. The van der Waals surface area contributed by atoms with Gasteiger partial charge in [0.05, 0.1) is 5.56 Å². The molecule has 0 saturated heterocycles. The fourth-order valence-electron chi connectivity index (χ4n) is 1.43. The van der Waals surface area contributed by atoms with E-state index in [1.807, 2.05) is 0 Å². The Hall–Kier alpha value is -1.43. The van der Waals surface area contributed by atoms with Gasteiger partial charge >= 0.3 is 6.18 Å². The van der Waals surface area contributed by atoms with Crippen molar-refractivity contribution >= 4 is 5.78 Å². The summed E-state index contributed by atoms with van der Waals surface area (Å²) in [6, 6.07) is 2.18. The van der Waals surface area contributed by atoms with E-state index in [0.717, 1.165) is 6.07 Å². The van der Waals surface area contributed by atoms with E-state index in [0.29, 0.717) is 12.1 Å². The highest BCUT2D eigenvalue weighted by atomic mass is 19.4. The zero-order valence-electron chi connectivity index (χ0n) is 9.94. The molecule has 0 bridgehead atoms. The van der Waals surface area contributed by atoms with Crippen molar-refractivity contribution in [1.82, 2.24) is 0 Å². The van der Waals surface area contributed by atoms with E-state index in [1.54, 1.807) is 13.8 Å². The van der Waals surface area contributed by atoms with Crippen molar-refractivity contribution < 1.29 is 22.4 Å². The average Bonchev–Trinajstić information content (AvgIpc) is 2.13. The minimum absolute atomic E-state index is 0.115. The Morgan fingerprint density at radius 1 is 1.28 bits per heavy atom. The summed E-state index contributed by atoms with van der Waals surface area (Å²) in [5.74, 6) is -1.95. The Morgan fingerprint density at radius 3 is 2.28 bits per heavy atom. The molecule has 0 aliphatic carbocycles. The van der Waals surface area contributed by atoms with Crippen LogP contribution >= 0.6 is 0 Å². The van der Waals surface area contributed by atoms with Gasteiger partial charge in [0.1, 0.15) is 5.82 Å². The maximum atomic E-state index is 13.0. The van der Waals surface area contributed by atoms with Gasteiger partial charge < -0.3 is 5.73 Å². The molecular formula is C12H13F4NO. The first-order valence-corrected chi connectivity index (χ1v) is 5.19. The van der Waals surface area contributed by atoms with Gasteiger partial charge in [-0.3, -0.25) is 4.79 Å². The van der Waals surface area contributed by atoms with Crippen LogP contribution in [0.5, 0.6) is 0 Å². The molecule has 0 fully saturated rings. The molecule has 6 heteroatoms. The minimum atomic E-state index is -4.82. The number of nitrogens with two attached hydrogens (primary N) is 1. The number of benzene rings is 1. The fraction of sp³-hybridized carbons (Fsp3) is 0.417. The zero-order valence-corrected chi connectivity index (χ0v) is 9.94. The number of alkyl halides is 3. The topological polar surface area (TPSA) is 43.1 Å². The molecule has 1 aromatic rings. The van der Waals surface area contributed by atoms with Crippen LogP contribution in [0.2, 0.25) is 0 Å². The maximum absolute atomic E-state index is 13.0. The second kappa shape index (κ2) is 4.68. The lowest BCUT2D eigenvalue weighted by atomic mass is 9.94. The molecule has 0 unspecified atom stereocenters. The van der Waals surface area contributed by atoms with Gasteiger partial charge in [0, 0.05) is 17.5 Å². The summed E-state index contributed by atoms with van der Waals surface area (Å²) in [6.45, 7) is 3.16. The SMILES string of the molecule is CC(C)(N)CC(=O)c1ccc(F)c(C(F)(F)F)c1. The lowest BCUT2D eigenvalue weighted by Gasteiger charge is -2.17. The number of hydrogen-bond acceptors (Lipinski definition) is 2. The Kier molecular flexibility index (Phi) is 3.81. The lowest BCUT2D eigenvalue weighted by Crippen LogP contribution is -2.34. The van der Waals surface area contributed by atoms with Crippen LogP contribution in [0.3, 0.4) is 0 Å². The molecule has 0 atom stereocenters. The quantitative estimate of drug-likeness (QED) is 0.672. The molecule has 1 rings (SSSR count). The molecule has 0 aliphatic rings. The molecule has 0 spiro atoms. The molecule has 0 radical (unpaired) electrons. The van der Waals surface area contributed by atoms with Crippen LogP contribution in [0.25, 0.3) is 0 Å². The summed E-state index contributed by atoms with van der Waals surface area (Å²) in [6.07, 6.45) is -4.94. The summed E-state index contributed by atoms with van der Waals surface area (Å²) >= 11 is 0. The van der Waals surface area contributed by atoms with Crippen molar-refractivity contribution in [2.75, 3.05) is 0 Å². The first kappa shape index (κ1) is 14.6. The van der Waals surface area contributed by atoms with Gasteiger partial charge in [-0.2, -0.15) is 13.2 Å². The average molecular weight is 263 g/mol. The molecule has 0 heterocycles. The highest BCUT2D eigenvalue weighted by molar-refractivity contribution is 5.96. The largest absolute Gasteiger partial charge is 0.419 e. The molecule has 0 amide bonds. The maximum Gasteiger partial charge on any atom is 0.419 e. The molecule has 2 N–H and O–H groups in total. The summed E-state index contributed by atoms with van der Waals surface area (Å²) in [5.41, 5.74) is 3.15. The molecule has 2 nitrogen and oxygen atoms in total. The predicted octanol–water partition coefficient (Wildman–Crippen LogP) is 3.15. The van der Waals surface area contributed by atoms with Gasteiger partial charge in [-0.1, -0.05) is 0 Å². The molecule has 0 aromatic heterocycles. The first-order valence-electron chi connectivity index (χ1n) is 5.19. The van der Waals surface area contributed by atoms with E-state index in [2.05, 4.69) is 0 Å². The van der Waals surface area contributed by atoms with Crippen LogP contribution in [0.4, 0.5) is 17.6 Å². The van der Waals surface area contributed by atoms with Crippen molar-refractivity contribution in [3.63, 3.8) is 0 Å².